The Kier molecular flexibility index (Phi) is 3.97. The molecule has 0 aromatic carbocycles. The molecule has 0 spiro atoms. The van der Waals surface area contributed by atoms with Crippen LogP contribution in [-0.4, -0.2) is 39.2 Å². The molecule has 7 heteroatoms. The van der Waals surface area contributed by atoms with Crippen molar-refractivity contribution in [2.75, 3.05) is 6.61 Å². The molecule has 1 N–H and O–H groups in total. The van der Waals surface area contributed by atoms with E-state index in [2.05, 4.69) is 5.10 Å². The van der Waals surface area contributed by atoms with Crippen LogP contribution < -0.4 is 0 Å². The smallest absolute Gasteiger partial charge is 0.372 e. The lowest BCUT2D eigenvalue weighted by molar-refractivity contribution is -0.148. The average Bonchev–Trinajstić information content (AvgIpc) is 2.59. The maximum absolute atomic E-state index is 11.5. The summed E-state index contributed by atoms with van der Waals surface area (Å²) in [5.41, 5.74) is 0.224. The van der Waals surface area contributed by atoms with E-state index in [1.807, 2.05) is 0 Å². The summed E-state index contributed by atoms with van der Waals surface area (Å²) in [7, 11) is 1.57. The number of hydrogen-bond donors (Lipinski definition) is 1. The predicted molar refractivity (Wildman–Crippen MR) is 55.5 cm³/mol. The van der Waals surface area contributed by atoms with Gasteiger partial charge in [0.25, 0.3) is 0 Å². The Morgan fingerprint density at radius 1 is 1.47 bits per heavy atom. The Bertz CT molecular complexity index is 463. The number of hydrogen-bond acceptors (Lipinski definition) is 5. The molecule has 0 aliphatic heterocycles. The Morgan fingerprint density at radius 3 is 2.65 bits per heavy atom. The molecule has 7 nitrogen and oxygen atoms in total. The summed E-state index contributed by atoms with van der Waals surface area (Å²) in [6.45, 7) is 1.82. The summed E-state index contributed by atoms with van der Waals surface area (Å²) in [6, 6.07) is 0. The monoisotopic (exact) mass is 240 g/mol. The van der Waals surface area contributed by atoms with Crippen LogP contribution in [0.2, 0.25) is 0 Å². The van der Waals surface area contributed by atoms with Gasteiger partial charge in [-0.15, -0.1) is 0 Å². The van der Waals surface area contributed by atoms with E-state index in [1.54, 1.807) is 14.0 Å². The number of aryl methyl sites for hydroxylation is 1. The van der Waals surface area contributed by atoms with Crippen molar-refractivity contribution in [1.82, 2.24) is 9.78 Å². The van der Waals surface area contributed by atoms with Gasteiger partial charge in [-0.05, 0) is 6.92 Å². The van der Waals surface area contributed by atoms with Gasteiger partial charge < -0.3 is 9.84 Å². The number of Topliss-reactive ketones (excluding diaryl/α,β-unsaturated/α-hetero) is 1. The minimum absolute atomic E-state index is 0.0241. The van der Waals surface area contributed by atoms with Gasteiger partial charge in [-0.25, -0.2) is 9.59 Å². The number of ketones is 1. The van der Waals surface area contributed by atoms with Crippen LogP contribution in [0, 0.1) is 0 Å². The number of aromatic nitrogens is 2. The molecule has 0 amide bonds. The second kappa shape index (κ2) is 5.24. The Labute approximate surface area is 97.0 Å². The van der Waals surface area contributed by atoms with E-state index < -0.39 is 17.7 Å². The number of aliphatic carboxylic acids is 1. The second-order valence-electron chi connectivity index (χ2n) is 3.30. The zero-order valence-electron chi connectivity index (χ0n) is 9.47. The molecule has 0 bridgehead atoms. The summed E-state index contributed by atoms with van der Waals surface area (Å²) >= 11 is 0. The van der Waals surface area contributed by atoms with Crippen LogP contribution in [-0.2, 0) is 27.8 Å². The van der Waals surface area contributed by atoms with Crippen LogP contribution in [0.25, 0.3) is 0 Å². The number of rotatable bonds is 5. The van der Waals surface area contributed by atoms with Gasteiger partial charge in [0.1, 0.15) is 0 Å². The highest BCUT2D eigenvalue weighted by atomic mass is 16.5. The van der Waals surface area contributed by atoms with Crippen molar-refractivity contribution in [1.29, 1.82) is 0 Å². The quantitative estimate of drug-likeness (QED) is 0.565. The third-order valence-corrected chi connectivity index (χ3v) is 1.96. The van der Waals surface area contributed by atoms with Crippen LogP contribution in [0.1, 0.15) is 23.0 Å². The summed E-state index contributed by atoms with van der Waals surface area (Å²) in [5.74, 6) is -3.20. The molecule has 0 radical (unpaired) electrons. The van der Waals surface area contributed by atoms with Crippen molar-refractivity contribution in [2.45, 2.75) is 13.3 Å². The van der Waals surface area contributed by atoms with Crippen LogP contribution >= 0.6 is 0 Å². The summed E-state index contributed by atoms with van der Waals surface area (Å²) in [4.78, 5) is 33.0. The first-order valence-electron chi connectivity index (χ1n) is 4.91. The molecule has 0 fully saturated rings. The zero-order chi connectivity index (χ0) is 13.0. The topological polar surface area (TPSA) is 98.5 Å². The Hall–Kier alpha value is -2.18. The fourth-order valence-electron chi connectivity index (χ4n) is 1.29. The van der Waals surface area contributed by atoms with E-state index in [-0.39, 0.29) is 24.3 Å². The highest BCUT2D eigenvalue weighted by molar-refractivity contribution is 6.33. The van der Waals surface area contributed by atoms with E-state index >= 15 is 0 Å². The first-order chi connectivity index (χ1) is 7.95. The summed E-state index contributed by atoms with van der Waals surface area (Å²) in [6.07, 6.45) is 1.05. The SMILES string of the molecule is CCOC(=O)c1nn(C)cc1CC(=O)C(=O)O. The molecule has 1 rings (SSSR count). The molecule has 1 aromatic heterocycles. The normalized spacial score (nSPS) is 10.0. The van der Waals surface area contributed by atoms with E-state index in [1.165, 1.54) is 10.9 Å². The fourth-order valence-corrected chi connectivity index (χ4v) is 1.29. The van der Waals surface area contributed by atoms with Crippen LogP contribution in [0.4, 0.5) is 0 Å². The second-order valence-corrected chi connectivity index (χ2v) is 3.30. The maximum atomic E-state index is 11.5. The lowest BCUT2D eigenvalue weighted by Crippen LogP contribution is -2.17. The third kappa shape index (κ3) is 3.13. The van der Waals surface area contributed by atoms with Crippen molar-refractivity contribution < 1.29 is 24.2 Å². The highest BCUT2D eigenvalue weighted by Gasteiger charge is 2.21. The van der Waals surface area contributed by atoms with Gasteiger partial charge in [0.2, 0.25) is 5.78 Å². The molecule has 0 aliphatic rings. The van der Waals surface area contributed by atoms with Crippen LogP contribution in [0.5, 0.6) is 0 Å². The molecular weight excluding hydrogens is 228 g/mol. The molecule has 92 valence electrons. The number of carbonyl (C=O) groups is 3. The van der Waals surface area contributed by atoms with Gasteiger partial charge in [-0.1, -0.05) is 0 Å². The zero-order valence-corrected chi connectivity index (χ0v) is 9.47. The van der Waals surface area contributed by atoms with Gasteiger partial charge in [0.15, 0.2) is 5.69 Å². The van der Waals surface area contributed by atoms with Gasteiger partial charge in [-0.2, -0.15) is 5.10 Å². The first kappa shape index (κ1) is 12.9. The number of ether oxygens (including phenoxy) is 1. The minimum atomic E-state index is -1.54. The van der Waals surface area contributed by atoms with Crippen LogP contribution in [0.3, 0.4) is 0 Å². The van der Waals surface area contributed by atoms with Gasteiger partial charge in [0, 0.05) is 25.2 Å². The summed E-state index contributed by atoms with van der Waals surface area (Å²) < 4.78 is 6.08. The largest absolute Gasteiger partial charge is 0.475 e. The third-order valence-electron chi connectivity index (χ3n) is 1.96. The van der Waals surface area contributed by atoms with Gasteiger partial charge >= 0.3 is 11.9 Å². The molecule has 1 heterocycles. The lowest BCUT2D eigenvalue weighted by atomic mass is 10.1. The number of nitrogens with zero attached hydrogens (tertiary/aromatic N) is 2. The first-order valence-corrected chi connectivity index (χ1v) is 4.91. The standard InChI is InChI=1S/C10H12N2O5/c1-3-17-10(16)8-6(5-12(2)11-8)4-7(13)9(14)15/h5H,3-4H2,1-2H3,(H,14,15). The maximum Gasteiger partial charge on any atom is 0.372 e. The number of carbonyl (C=O) groups excluding carboxylic acids is 2. The lowest BCUT2D eigenvalue weighted by Gasteiger charge is -2.00. The molecule has 0 aliphatic carbocycles. The molecule has 0 unspecified atom stereocenters. The van der Waals surface area contributed by atoms with Crippen molar-refractivity contribution in [2.24, 2.45) is 7.05 Å². The molecule has 0 atom stereocenters. The van der Waals surface area contributed by atoms with Gasteiger partial charge in [0.05, 0.1) is 6.61 Å². The molecule has 17 heavy (non-hydrogen) atoms. The molecule has 0 saturated carbocycles. The average molecular weight is 240 g/mol. The van der Waals surface area contributed by atoms with Crippen molar-refractivity contribution in [3.63, 3.8) is 0 Å². The molecule has 1 aromatic rings. The predicted octanol–water partition coefficient (Wildman–Crippen LogP) is -0.207. The van der Waals surface area contributed by atoms with E-state index in [0.29, 0.717) is 0 Å². The van der Waals surface area contributed by atoms with E-state index in [9.17, 15) is 14.4 Å². The molecular formula is C10H12N2O5. The van der Waals surface area contributed by atoms with E-state index in [4.69, 9.17) is 9.84 Å². The Morgan fingerprint density at radius 2 is 2.12 bits per heavy atom. The van der Waals surface area contributed by atoms with Crippen molar-refractivity contribution in [3.8, 4) is 0 Å². The van der Waals surface area contributed by atoms with Crippen LogP contribution in [0.15, 0.2) is 6.20 Å². The number of esters is 1. The summed E-state index contributed by atoms with van der Waals surface area (Å²) in [5, 5.41) is 12.3. The molecule has 0 saturated heterocycles. The minimum Gasteiger partial charge on any atom is -0.475 e. The van der Waals surface area contributed by atoms with E-state index in [0.717, 1.165) is 0 Å². The number of carboxylic acid groups (broad SMARTS) is 1. The fraction of sp³-hybridized carbons (Fsp3) is 0.400. The van der Waals surface area contributed by atoms with Crippen molar-refractivity contribution in [3.05, 3.63) is 17.5 Å². The van der Waals surface area contributed by atoms with Crippen molar-refractivity contribution >= 4 is 17.7 Å². The number of carboxylic acids is 1. The highest BCUT2D eigenvalue weighted by Crippen LogP contribution is 2.09. The van der Waals surface area contributed by atoms with Gasteiger partial charge in [-0.3, -0.25) is 9.48 Å². The Balaban J connectivity index is 2.95.